The number of anilines is 2. The van der Waals surface area contributed by atoms with Gasteiger partial charge in [-0.2, -0.15) is 4.57 Å². The molecule has 0 amide bonds. The third-order valence-electron chi connectivity index (χ3n) is 10.2. The quantitative estimate of drug-likeness (QED) is 0.0502. The first-order chi connectivity index (χ1) is 24.5. The van der Waals surface area contributed by atoms with Gasteiger partial charge in [0.2, 0.25) is 0 Å². The van der Waals surface area contributed by atoms with E-state index in [9.17, 15) is 8.78 Å². The Labute approximate surface area is 304 Å². The van der Waals surface area contributed by atoms with Crippen LogP contribution in [-0.2, 0) is 32.2 Å². The van der Waals surface area contributed by atoms with Crippen molar-refractivity contribution in [2.24, 2.45) is 0 Å². The monoisotopic (exact) mass is 710 g/mol. The number of hydrogen-bond donors (Lipinski definition) is 1. The molecule has 0 aliphatic carbocycles. The van der Waals surface area contributed by atoms with Crippen molar-refractivity contribution in [2.75, 3.05) is 54.0 Å². The van der Waals surface area contributed by atoms with Crippen molar-refractivity contribution in [3.05, 3.63) is 118 Å². The molecule has 4 aliphatic rings. The molecule has 1 N–H and O–H groups in total. The van der Waals surface area contributed by atoms with E-state index in [0.29, 0.717) is 13.1 Å². The molecular weight excluding hydrogens is 663 g/mol. The first-order valence-corrected chi connectivity index (χ1v) is 20.7. The maximum Gasteiger partial charge on any atom is 0.360 e. The number of hydrogen-bond acceptors (Lipinski definition) is 4. The standard InChI is InChI=1S/C42H47F2N4S2/c1-2-31(11-13-33-25-35-7-3-17-47-18-4-8-36(26-33)41(35)47)29-39(43)45-16-23-49-50-24-22-46-21-15-32(30-40(46)44)12-14-34-27-37-9-5-19-48-20-6-10-38(28-34)42(37)48/h2,11-15,21,25-30H,1,3-10,16-20,22-24H2/q+1/p+1/b13-11+,31-29+,45-39?. The molecule has 0 atom stereocenters. The summed E-state index contributed by atoms with van der Waals surface area (Å²) in [5, 5.41) is 0. The van der Waals surface area contributed by atoms with Gasteiger partial charge < -0.3 is 9.80 Å². The highest BCUT2D eigenvalue weighted by Crippen LogP contribution is 2.37. The second-order valence-corrected chi connectivity index (χ2v) is 16.4. The molecule has 2 aromatic carbocycles. The van der Waals surface area contributed by atoms with Gasteiger partial charge >= 0.3 is 11.9 Å². The highest BCUT2D eigenvalue weighted by molar-refractivity contribution is 8.76. The third kappa shape index (κ3) is 8.46. The Morgan fingerprint density at radius 2 is 1.30 bits per heavy atom. The lowest BCUT2D eigenvalue weighted by molar-refractivity contribution is -0.719. The molecule has 3 aromatic rings. The number of aromatic nitrogens is 1. The van der Waals surface area contributed by atoms with Gasteiger partial charge in [0, 0.05) is 55.8 Å². The molecule has 0 fully saturated rings. The predicted octanol–water partition coefficient (Wildman–Crippen LogP) is 7.34. The minimum Gasteiger partial charge on any atom is -0.371 e. The maximum absolute atomic E-state index is 14.9. The fraction of sp³-hybridized carbons (Fsp3) is 0.381. The van der Waals surface area contributed by atoms with E-state index in [2.05, 4.69) is 57.8 Å². The van der Waals surface area contributed by atoms with Crippen molar-refractivity contribution in [3.8, 4) is 0 Å². The van der Waals surface area contributed by atoms with Crippen LogP contribution in [0, 0.1) is 5.95 Å². The van der Waals surface area contributed by atoms with Crippen LogP contribution in [0.3, 0.4) is 0 Å². The average Bonchev–Trinajstić information content (AvgIpc) is 3.13. The number of aryl methyl sites for hydroxylation is 5. The van der Waals surface area contributed by atoms with E-state index in [1.54, 1.807) is 38.3 Å². The Balaban J connectivity index is 0.847. The van der Waals surface area contributed by atoms with E-state index in [1.165, 1.54) is 103 Å². The first kappa shape index (κ1) is 34.8. The van der Waals surface area contributed by atoms with Crippen molar-refractivity contribution in [1.29, 1.82) is 0 Å². The van der Waals surface area contributed by atoms with Gasteiger partial charge in [0.05, 0.1) is 11.5 Å². The van der Waals surface area contributed by atoms with E-state index >= 15 is 0 Å². The van der Waals surface area contributed by atoms with Gasteiger partial charge in [-0.25, -0.2) is 4.99 Å². The van der Waals surface area contributed by atoms with Crippen molar-refractivity contribution >= 4 is 57.2 Å². The van der Waals surface area contributed by atoms with Crippen molar-refractivity contribution in [1.82, 2.24) is 0 Å². The van der Waals surface area contributed by atoms with Crippen molar-refractivity contribution < 1.29 is 18.3 Å². The highest BCUT2D eigenvalue weighted by atomic mass is 33.1. The molecule has 5 heterocycles. The lowest BCUT2D eigenvalue weighted by atomic mass is 9.90. The van der Waals surface area contributed by atoms with E-state index in [4.69, 9.17) is 0 Å². The second-order valence-electron chi connectivity index (χ2n) is 13.7. The number of halogens is 2. The summed E-state index contributed by atoms with van der Waals surface area (Å²) < 4.78 is 31.3. The Morgan fingerprint density at radius 1 is 0.760 bits per heavy atom. The molecule has 260 valence electrons. The van der Waals surface area contributed by atoms with Gasteiger partial charge in [0.25, 0.3) is 0 Å². The van der Waals surface area contributed by atoms with Crippen LogP contribution in [0.15, 0.2) is 73.0 Å². The molecule has 0 saturated heterocycles. The van der Waals surface area contributed by atoms with Gasteiger partial charge in [0.1, 0.15) is 0 Å². The fourth-order valence-electron chi connectivity index (χ4n) is 7.88. The molecule has 0 radical (unpaired) electrons. The highest BCUT2D eigenvalue weighted by Gasteiger charge is 2.25. The van der Waals surface area contributed by atoms with Crippen LogP contribution in [0.25, 0.3) is 18.2 Å². The SMILES string of the molecule is C=CC(/C=C/c1cc2c3c(c1)CCCN3CCC2)=C\C(F)=[NH+]CCSSCC[n+]1ccc(/C=C/c2cc3c4c(c2)CCCN4CCC3)cc1F. The van der Waals surface area contributed by atoms with Crippen molar-refractivity contribution in [3.63, 3.8) is 0 Å². The molecule has 8 heteroatoms. The van der Waals surface area contributed by atoms with Gasteiger partial charge in [-0.05, 0) is 120 Å². The van der Waals surface area contributed by atoms with E-state index < -0.39 is 0 Å². The zero-order valence-electron chi connectivity index (χ0n) is 28.9. The molecule has 0 saturated carbocycles. The average molecular weight is 711 g/mol. The summed E-state index contributed by atoms with van der Waals surface area (Å²) in [5.74, 6) is 0.889. The maximum atomic E-state index is 14.9. The smallest absolute Gasteiger partial charge is 0.360 e. The van der Waals surface area contributed by atoms with Gasteiger partial charge in [0.15, 0.2) is 19.3 Å². The van der Waals surface area contributed by atoms with Crippen LogP contribution in [-0.4, -0.2) is 50.2 Å². The summed E-state index contributed by atoms with van der Waals surface area (Å²) in [4.78, 5) is 7.97. The minimum atomic E-state index is -0.369. The molecule has 1 aromatic heterocycles. The summed E-state index contributed by atoms with van der Waals surface area (Å²) in [6.07, 6.45) is 22.6. The van der Waals surface area contributed by atoms with Crippen LogP contribution >= 0.6 is 21.6 Å². The number of benzene rings is 2. The van der Waals surface area contributed by atoms with Crippen LogP contribution < -0.4 is 19.4 Å². The van der Waals surface area contributed by atoms with Crippen LogP contribution in [0.1, 0.15) is 64.6 Å². The Morgan fingerprint density at radius 3 is 1.86 bits per heavy atom. The zero-order chi connectivity index (χ0) is 34.3. The number of nitrogens with zero attached hydrogens (tertiary/aromatic N) is 3. The second kappa shape index (κ2) is 16.6. The summed E-state index contributed by atoms with van der Waals surface area (Å²) >= 11 is 0. The predicted molar refractivity (Wildman–Crippen MR) is 210 cm³/mol. The summed E-state index contributed by atoms with van der Waals surface area (Å²) in [6.45, 7) is 9.65. The summed E-state index contributed by atoms with van der Waals surface area (Å²) in [6, 6.07) is 12.8. The molecule has 50 heavy (non-hydrogen) atoms. The van der Waals surface area contributed by atoms with Gasteiger partial charge in [-0.1, -0.05) is 58.5 Å². The fourth-order valence-corrected chi connectivity index (χ4v) is 9.75. The first-order valence-electron chi connectivity index (χ1n) is 18.3. The Bertz CT molecular complexity index is 1780. The molecular formula is C42H48F2N4S2+2. The van der Waals surface area contributed by atoms with Gasteiger partial charge in [-0.15, -0.1) is 8.78 Å². The van der Waals surface area contributed by atoms with Crippen LogP contribution in [0.5, 0.6) is 0 Å². The van der Waals surface area contributed by atoms with E-state index in [1.807, 2.05) is 24.4 Å². The summed E-state index contributed by atoms with van der Waals surface area (Å²) in [7, 11) is 3.34. The molecule has 4 aliphatic heterocycles. The Kier molecular flexibility index (Phi) is 11.6. The van der Waals surface area contributed by atoms with E-state index in [0.717, 1.165) is 48.3 Å². The number of nitrogens with one attached hydrogen (secondary N) is 1. The molecule has 4 nitrogen and oxygen atoms in total. The molecule has 0 unspecified atom stereocenters. The van der Waals surface area contributed by atoms with Crippen LogP contribution in [0.4, 0.5) is 20.2 Å². The van der Waals surface area contributed by atoms with Crippen LogP contribution in [0.2, 0.25) is 0 Å². The number of pyridine rings is 1. The number of rotatable bonds is 13. The Hall–Kier alpha value is -3.62. The zero-order valence-corrected chi connectivity index (χ0v) is 30.6. The topological polar surface area (TPSA) is 24.3 Å². The summed E-state index contributed by atoms with van der Waals surface area (Å²) in [5.41, 5.74) is 12.7. The lowest BCUT2D eigenvalue weighted by Gasteiger charge is -2.37. The molecule has 0 spiro atoms. The van der Waals surface area contributed by atoms with Crippen molar-refractivity contribution in [2.45, 2.75) is 57.9 Å². The molecule has 7 rings (SSSR count). The number of allylic oxidation sites excluding steroid dienone is 4. The third-order valence-corrected chi connectivity index (χ3v) is 12.5. The lowest BCUT2D eigenvalue weighted by Crippen LogP contribution is -2.72. The van der Waals surface area contributed by atoms with E-state index in [-0.39, 0.29) is 11.9 Å². The molecule has 0 bridgehead atoms. The van der Waals surface area contributed by atoms with Gasteiger partial charge in [-0.3, -0.25) is 0 Å². The normalized spacial score (nSPS) is 17.4. The minimum absolute atomic E-state index is 0.237. The largest absolute Gasteiger partial charge is 0.371 e.